The fourth-order valence-corrected chi connectivity index (χ4v) is 3.55. The van der Waals surface area contributed by atoms with Gasteiger partial charge in [0.2, 0.25) is 0 Å². The highest BCUT2D eigenvalue weighted by Gasteiger charge is 2.20. The number of carbonyl (C=O) groups is 1. The van der Waals surface area contributed by atoms with E-state index in [0.29, 0.717) is 0 Å². The van der Waals surface area contributed by atoms with Crippen LogP contribution in [0.4, 0.5) is 5.69 Å². The summed E-state index contributed by atoms with van der Waals surface area (Å²) in [5.74, 6) is -0.606. The number of esters is 1. The highest BCUT2D eigenvalue weighted by atomic mass is 35.5. The molecule has 0 fully saturated rings. The maximum atomic E-state index is 12.2. The normalized spacial score (nSPS) is 11.1. The molecular weight excluding hydrogens is 324 g/mol. The Morgan fingerprint density at radius 3 is 2.85 bits per heavy atom. The zero-order chi connectivity index (χ0) is 14.8. The Bertz CT molecular complexity index is 742. The van der Waals surface area contributed by atoms with E-state index in [1.165, 1.54) is 31.5 Å². The Labute approximate surface area is 124 Å². The van der Waals surface area contributed by atoms with Crippen LogP contribution in [0.2, 0.25) is 5.15 Å². The summed E-state index contributed by atoms with van der Waals surface area (Å²) in [6.45, 7) is 0. The van der Waals surface area contributed by atoms with E-state index >= 15 is 0 Å². The van der Waals surface area contributed by atoms with Crippen LogP contribution in [-0.4, -0.2) is 26.5 Å². The molecule has 0 unspecified atom stereocenters. The standard InChI is InChI=1S/C11H9ClN2O4S2/c1-18-11(15)10-8(3-5-19-10)14-20(16,17)7-2-4-13-9(12)6-7/h2-6,14H,1H3. The number of methoxy groups -OCH3 is 1. The molecule has 2 aromatic rings. The Morgan fingerprint density at radius 2 is 2.20 bits per heavy atom. The van der Waals surface area contributed by atoms with Gasteiger partial charge in [-0.3, -0.25) is 4.72 Å². The van der Waals surface area contributed by atoms with Crippen molar-refractivity contribution in [1.29, 1.82) is 0 Å². The molecule has 0 aliphatic carbocycles. The second-order valence-electron chi connectivity index (χ2n) is 3.57. The highest BCUT2D eigenvalue weighted by molar-refractivity contribution is 7.92. The van der Waals surface area contributed by atoms with E-state index in [9.17, 15) is 13.2 Å². The van der Waals surface area contributed by atoms with Crippen LogP contribution in [0.1, 0.15) is 9.67 Å². The summed E-state index contributed by atoms with van der Waals surface area (Å²) in [5.41, 5.74) is 0.162. The largest absolute Gasteiger partial charge is 0.465 e. The monoisotopic (exact) mass is 332 g/mol. The third-order valence-electron chi connectivity index (χ3n) is 2.29. The minimum absolute atomic E-state index is 0.0421. The molecule has 0 atom stereocenters. The molecule has 0 bridgehead atoms. The molecule has 0 saturated heterocycles. The number of rotatable bonds is 4. The zero-order valence-electron chi connectivity index (χ0n) is 10.2. The number of pyridine rings is 1. The zero-order valence-corrected chi connectivity index (χ0v) is 12.6. The number of halogens is 1. The van der Waals surface area contributed by atoms with E-state index in [1.54, 1.807) is 5.38 Å². The third kappa shape index (κ3) is 3.09. The number of anilines is 1. The lowest BCUT2D eigenvalue weighted by Crippen LogP contribution is -2.14. The lowest BCUT2D eigenvalue weighted by Gasteiger charge is -2.08. The maximum Gasteiger partial charge on any atom is 0.350 e. The van der Waals surface area contributed by atoms with E-state index in [-0.39, 0.29) is 20.6 Å². The van der Waals surface area contributed by atoms with Gasteiger partial charge in [-0.15, -0.1) is 11.3 Å². The molecule has 0 saturated carbocycles. The van der Waals surface area contributed by atoms with Gasteiger partial charge < -0.3 is 4.74 Å². The van der Waals surface area contributed by atoms with Gasteiger partial charge in [-0.2, -0.15) is 0 Å². The molecule has 0 aliphatic heterocycles. The lowest BCUT2D eigenvalue weighted by molar-refractivity contribution is 0.0607. The molecule has 20 heavy (non-hydrogen) atoms. The third-order valence-corrected chi connectivity index (χ3v) is 4.75. The smallest absolute Gasteiger partial charge is 0.350 e. The fraction of sp³-hybridized carbons (Fsp3) is 0.0909. The average Bonchev–Trinajstić information content (AvgIpc) is 2.85. The second-order valence-corrected chi connectivity index (χ2v) is 6.56. The van der Waals surface area contributed by atoms with Crippen molar-refractivity contribution in [1.82, 2.24) is 4.98 Å². The summed E-state index contributed by atoms with van der Waals surface area (Å²) in [5, 5.41) is 1.65. The minimum atomic E-state index is -3.85. The van der Waals surface area contributed by atoms with Crippen LogP contribution in [0.3, 0.4) is 0 Å². The first-order chi connectivity index (χ1) is 9.44. The van der Waals surface area contributed by atoms with Crippen LogP contribution < -0.4 is 4.72 Å². The predicted molar refractivity (Wildman–Crippen MR) is 75.7 cm³/mol. The number of ether oxygens (including phenoxy) is 1. The second kappa shape index (κ2) is 5.78. The number of thiophene rings is 1. The van der Waals surface area contributed by atoms with Crippen molar-refractivity contribution < 1.29 is 17.9 Å². The maximum absolute atomic E-state index is 12.2. The molecule has 9 heteroatoms. The topological polar surface area (TPSA) is 85.4 Å². The lowest BCUT2D eigenvalue weighted by atomic mass is 10.4. The number of carbonyl (C=O) groups excluding carboxylic acids is 1. The van der Waals surface area contributed by atoms with Crippen LogP contribution in [-0.2, 0) is 14.8 Å². The summed E-state index contributed by atoms with van der Waals surface area (Å²) in [6, 6.07) is 4.00. The predicted octanol–water partition coefficient (Wildman–Crippen LogP) is 2.38. The van der Waals surface area contributed by atoms with Crippen molar-refractivity contribution in [3.63, 3.8) is 0 Å². The summed E-state index contributed by atoms with van der Waals surface area (Å²) in [6.07, 6.45) is 1.28. The Hall–Kier alpha value is -1.64. The number of sulfonamides is 1. The first-order valence-electron chi connectivity index (χ1n) is 5.24. The first-order valence-corrected chi connectivity index (χ1v) is 7.98. The van der Waals surface area contributed by atoms with Gasteiger partial charge in [0.25, 0.3) is 10.0 Å². The molecule has 1 N–H and O–H groups in total. The number of aromatic nitrogens is 1. The molecule has 0 amide bonds. The van der Waals surface area contributed by atoms with Gasteiger partial charge in [0.05, 0.1) is 17.7 Å². The summed E-state index contributed by atoms with van der Waals surface area (Å²) in [7, 11) is -2.62. The van der Waals surface area contributed by atoms with Crippen molar-refractivity contribution in [3.05, 3.63) is 39.8 Å². The van der Waals surface area contributed by atoms with Crippen molar-refractivity contribution in [2.75, 3.05) is 11.8 Å². The Morgan fingerprint density at radius 1 is 1.45 bits per heavy atom. The van der Waals surface area contributed by atoms with Gasteiger partial charge >= 0.3 is 5.97 Å². The van der Waals surface area contributed by atoms with Gasteiger partial charge in [0.1, 0.15) is 10.0 Å². The molecule has 0 radical (unpaired) electrons. The number of nitrogens with zero attached hydrogens (tertiary/aromatic N) is 1. The Balaban J connectivity index is 2.34. The minimum Gasteiger partial charge on any atom is -0.465 e. The molecule has 2 aromatic heterocycles. The molecule has 2 heterocycles. The molecule has 0 spiro atoms. The molecular formula is C11H9ClN2O4S2. The summed E-state index contributed by atoms with van der Waals surface area (Å²) in [4.78, 5) is 15.3. The van der Waals surface area contributed by atoms with Crippen molar-refractivity contribution in [2.24, 2.45) is 0 Å². The van der Waals surface area contributed by atoms with Gasteiger partial charge in [-0.1, -0.05) is 11.6 Å². The van der Waals surface area contributed by atoms with Crippen LogP contribution in [0.15, 0.2) is 34.7 Å². The van der Waals surface area contributed by atoms with E-state index in [2.05, 4.69) is 14.4 Å². The van der Waals surface area contributed by atoms with Crippen LogP contribution in [0.25, 0.3) is 0 Å². The highest BCUT2D eigenvalue weighted by Crippen LogP contribution is 2.26. The van der Waals surface area contributed by atoms with E-state index < -0.39 is 16.0 Å². The summed E-state index contributed by atoms with van der Waals surface area (Å²) >= 11 is 6.74. The SMILES string of the molecule is COC(=O)c1sccc1NS(=O)(=O)c1ccnc(Cl)c1. The molecule has 0 aromatic carbocycles. The molecule has 6 nitrogen and oxygen atoms in total. The van der Waals surface area contributed by atoms with Crippen molar-refractivity contribution >= 4 is 44.6 Å². The quantitative estimate of drug-likeness (QED) is 0.686. The van der Waals surface area contributed by atoms with Gasteiger partial charge in [-0.25, -0.2) is 18.2 Å². The van der Waals surface area contributed by atoms with E-state index in [1.807, 2.05) is 0 Å². The van der Waals surface area contributed by atoms with Gasteiger partial charge in [-0.05, 0) is 23.6 Å². The molecule has 2 rings (SSSR count). The van der Waals surface area contributed by atoms with Crippen LogP contribution in [0, 0.1) is 0 Å². The van der Waals surface area contributed by atoms with E-state index in [0.717, 1.165) is 11.3 Å². The van der Waals surface area contributed by atoms with Gasteiger partial charge in [0.15, 0.2) is 0 Å². The van der Waals surface area contributed by atoms with Crippen molar-refractivity contribution in [2.45, 2.75) is 4.90 Å². The number of nitrogens with one attached hydrogen (secondary N) is 1. The number of hydrogen-bond donors (Lipinski definition) is 1. The number of hydrogen-bond acceptors (Lipinski definition) is 6. The average molecular weight is 333 g/mol. The summed E-state index contributed by atoms with van der Waals surface area (Å²) < 4.78 is 31.2. The van der Waals surface area contributed by atoms with Crippen molar-refractivity contribution in [3.8, 4) is 0 Å². The molecule has 0 aliphatic rings. The molecule has 106 valence electrons. The van der Waals surface area contributed by atoms with Crippen LogP contribution in [0.5, 0.6) is 0 Å². The van der Waals surface area contributed by atoms with E-state index in [4.69, 9.17) is 11.6 Å². The van der Waals surface area contributed by atoms with Gasteiger partial charge in [0, 0.05) is 6.20 Å². The Kier molecular flexibility index (Phi) is 4.26. The van der Waals surface area contributed by atoms with Crippen LogP contribution >= 0.6 is 22.9 Å². The first kappa shape index (κ1) is 14.8. The fourth-order valence-electron chi connectivity index (χ4n) is 1.40.